The molecular formula is C11H18ClNO2. The number of halogens is 1. The number of carbonyl (C=O) groups excluding carboxylic acids is 1. The molecule has 86 valence electrons. The first-order valence-electron chi connectivity index (χ1n) is 5.62. The highest BCUT2D eigenvalue weighted by molar-refractivity contribution is 6.32. The molecule has 1 aliphatic rings. The van der Waals surface area contributed by atoms with E-state index in [1.54, 1.807) is 0 Å². The van der Waals surface area contributed by atoms with Crippen molar-refractivity contribution >= 4 is 23.4 Å². The molecule has 4 heteroatoms. The van der Waals surface area contributed by atoms with Crippen LogP contribution in [0, 0.1) is 0 Å². The summed E-state index contributed by atoms with van der Waals surface area (Å²) < 4.78 is 4.82. The van der Waals surface area contributed by atoms with E-state index >= 15 is 0 Å². The van der Waals surface area contributed by atoms with Crippen LogP contribution in [0.4, 0.5) is 4.79 Å². The molecule has 0 aromatic rings. The second-order valence-corrected chi connectivity index (χ2v) is 4.31. The van der Waals surface area contributed by atoms with Crippen LogP contribution < -0.4 is 0 Å². The molecule has 1 unspecified atom stereocenters. The van der Waals surface area contributed by atoms with Gasteiger partial charge < -0.3 is 4.74 Å². The fourth-order valence-corrected chi connectivity index (χ4v) is 1.83. The summed E-state index contributed by atoms with van der Waals surface area (Å²) in [5.74, 6) is 0. The Bertz CT molecular complexity index is 241. The Hall–Kier alpha value is -0.570. The van der Waals surface area contributed by atoms with Crippen LogP contribution in [0.3, 0.4) is 0 Å². The minimum absolute atomic E-state index is 0.127. The van der Waals surface area contributed by atoms with Gasteiger partial charge in [-0.2, -0.15) is 4.99 Å². The van der Waals surface area contributed by atoms with E-state index in [0.717, 1.165) is 18.6 Å². The van der Waals surface area contributed by atoms with E-state index in [1.165, 1.54) is 19.3 Å². The number of cyclic esters (lactones) is 1. The van der Waals surface area contributed by atoms with Crippen molar-refractivity contribution in [2.24, 2.45) is 4.99 Å². The maximum Gasteiger partial charge on any atom is 0.433 e. The predicted molar refractivity (Wildman–Crippen MR) is 61.8 cm³/mol. The summed E-state index contributed by atoms with van der Waals surface area (Å²) in [6.07, 6.45) is 5.69. The Morgan fingerprint density at radius 3 is 3.00 bits per heavy atom. The van der Waals surface area contributed by atoms with E-state index in [4.69, 9.17) is 16.3 Å². The second kappa shape index (κ2) is 6.83. The Morgan fingerprint density at radius 1 is 1.47 bits per heavy atom. The van der Waals surface area contributed by atoms with Crippen molar-refractivity contribution in [1.29, 1.82) is 0 Å². The van der Waals surface area contributed by atoms with E-state index in [1.807, 2.05) is 0 Å². The molecule has 1 rings (SSSR count). The topological polar surface area (TPSA) is 38.7 Å². The third-order valence-corrected chi connectivity index (χ3v) is 2.95. The molecule has 0 fully saturated rings. The Balaban J connectivity index is 2.38. The van der Waals surface area contributed by atoms with Gasteiger partial charge in [-0.3, -0.25) is 0 Å². The van der Waals surface area contributed by atoms with Crippen molar-refractivity contribution in [3.05, 3.63) is 0 Å². The minimum atomic E-state index is -0.483. The smallest absolute Gasteiger partial charge is 0.433 e. The SMILES string of the molecule is CCCCCCC1=NC(=O)OCCC1Cl. The van der Waals surface area contributed by atoms with Crippen molar-refractivity contribution in [1.82, 2.24) is 0 Å². The zero-order valence-electron chi connectivity index (χ0n) is 9.17. The van der Waals surface area contributed by atoms with Gasteiger partial charge in [-0.1, -0.05) is 26.2 Å². The van der Waals surface area contributed by atoms with Gasteiger partial charge in [-0.25, -0.2) is 4.79 Å². The summed E-state index contributed by atoms with van der Waals surface area (Å²) in [5.41, 5.74) is 0.801. The molecular weight excluding hydrogens is 214 g/mol. The van der Waals surface area contributed by atoms with Gasteiger partial charge in [0, 0.05) is 12.1 Å². The molecule has 0 spiro atoms. The Morgan fingerprint density at radius 2 is 2.27 bits per heavy atom. The third-order valence-electron chi connectivity index (χ3n) is 2.48. The number of hydrogen-bond donors (Lipinski definition) is 0. The van der Waals surface area contributed by atoms with Crippen LogP contribution in [0.1, 0.15) is 45.4 Å². The molecule has 1 amide bonds. The molecule has 3 nitrogen and oxygen atoms in total. The number of alkyl halides is 1. The van der Waals surface area contributed by atoms with E-state index in [9.17, 15) is 4.79 Å². The quantitative estimate of drug-likeness (QED) is 0.536. The summed E-state index contributed by atoms with van der Waals surface area (Å²) in [6.45, 7) is 2.56. The van der Waals surface area contributed by atoms with Gasteiger partial charge in [-0.05, 0) is 12.8 Å². The van der Waals surface area contributed by atoms with Gasteiger partial charge >= 0.3 is 6.09 Å². The average molecular weight is 232 g/mol. The van der Waals surface area contributed by atoms with E-state index in [-0.39, 0.29) is 5.38 Å². The second-order valence-electron chi connectivity index (χ2n) is 3.78. The highest BCUT2D eigenvalue weighted by Gasteiger charge is 2.19. The largest absolute Gasteiger partial charge is 0.448 e. The van der Waals surface area contributed by atoms with Gasteiger partial charge in [0.15, 0.2) is 0 Å². The Kier molecular flexibility index (Phi) is 5.69. The molecule has 1 aliphatic heterocycles. The number of nitrogens with zero attached hydrogens (tertiary/aromatic N) is 1. The summed E-state index contributed by atoms with van der Waals surface area (Å²) in [5, 5.41) is -0.127. The van der Waals surface area contributed by atoms with Crippen molar-refractivity contribution < 1.29 is 9.53 Å². The first kappa shape index (κ1) is 12.5. The maximum atomic E-state index is 11.1. The van der Waals surface area contributed by atoms with E-state index in [2.05, 4.69) is 11.9 Å². The van der Waals surface area contributed by atoms with Gasteiger partial charge in [0.2, 0.25) is 0 Å². The predicted octanol–water partition coefficient (Wildman–Crippen LogP) is 3.55. The number of unbranched alkanes of at least 4 members (excludes halogenated alkanes) is 3. The minimum Gasteiger partial charge on any atom is -0.448 e. The van der Waals surface area contributed by atoms with Crippen LogP contribution in [-0.4, -0.2) is 23.8 Å². The van der Waals surface area contributed by atoms with Gasteiger partial charge in [0.05, 0.1) is 12.0 Å². The van der Waals surface area contributed by atoms with Crippen LogP contribution in [-0.2, 0) is 4.74 Å². The van der Waals surface area contributed by atoms with Crippen LogP contribution in [0.25, 0.3) is 0 Å². The van der Waals surface area contributed by atoms with Gasteiger partial charge in [0.25, 0.3) is 0 Å². The van der Waals surface area contributed by atoms with Crippen molar-refractivity contribution in [3.8, 4) is 0 Å². The maximum absolute atomic E-state index is 11.1. The standard InChI is InChI=1S/C11H18ClNO2/c1-2-3-4-5-6-10-9(12)7-8-15-11(14)13-10/h9H,2-8H2,1H3. The zero-order chi connectivity index (χ0) is 11.1. The summed E-state index contributed by atoms with van der Waals surface area (Å²) in [6, 6.07) is 0. The molecule has 0 bridgehead atoms. The zero-order valence-corrected chi connectivity index (χ0v) is 9.92. The van der Waals surface area contributed by atoms with Crippen molar-refractivity contribution in [2.75, 3.05) is 6.61 Å². The van der Waals surface area contributed by atoms with E-state index < -0.39 is 6.09 Å². The lowest BCUT2D eigenvalue weighted by Crippen LogP contribution is -2.14. The van der Waals surface area contributed by atoms with Crippen LogP contribution in [0.15, 0.2) is 4.99 Å². The molecule has 0 aliphatic carbocycles. The van der Waals surface area contributed by atoms with Crippen LogP contribution in [0.5, 0.6) is 0 Å². The fourth-order valence-electron chi connectivity index (χ4n) is 1.58. The van der Waals surface area contributed by atoms with E-state index in [0.29, 0.717) is 13.0 Å². The fraction of sp³-hybridized carbons (Fsp3) is 0.818. The molecule has 0 saturated heterocycles. The first-order valence-corrected chi connectivity index (χ1v) is 6.06. The molecule has 0 N–H and O–H groups in total. The molecule has 1 heterocycles. The number of amides is 1. The van der Waals surface area contributed by atoms with Crippen molar-refractivity contribution in [3.63, 3.8) is 0 Å². The summed E-state index contributed by atoms with van der Waals surface area (Å²) >= 11 is 6.10. The summed E-state index contributed by atoms with van der Waals surface area (Å²) in [7, 11) is 0. The first-order chi connectivity index (χ1) is 7.24. The molecule has 0 aromatic carbocycles. The molecule has 15 heavy (non-hydrogen) atoms. The normalized spacial score (nSPS) is 21.9. The highest BCUT2D eigenvalue weighted by Crippen LogP contribution is 2.15. The van der Waals surface area contributed by atoms with Crippen LogP contribution >= 0.6 is 11.6 Å². The number of aliphatic imine (C=N–C) groups is 1. The van der Waals surface area contributed by atoms with Crippen molar-refractivity contribution in [2.45, 2.75) is 50.8 Å². The third kappa shape index (κ3) is 4.65. The van der Waals surface area contributed by atoms with Gasteiger partial charge in [0.1, 0.15) is 0 Å². The summed E-state index contributed by atoms with van der Waals surface area (Å²) in [4.78, 5) is 14.9. The lowest BCUT2D eigenvalue weighted by atomic mass is 10.1. The lowest BCUT2D eigenvalue weighted by molar-refractivity contribution is 0.159. The molecule has 1 atom stereocenters. The average Bonchev–Trinajstić information content (AvgIpc) is 2.36. The highest BCUT2D eigenvalue weighted by atomic mass is 35.5. The Labute approximate surface area is 95.9 Å². The lowest BCUT2D eigenvalue weighted by Gasteiger charge is -2.08. The number of carbonyl (C=O) groups is 1. The number of hydrogen-bond acceptors (Lipinski definition) is 2. The van der Waals surface area contributed by atoms with Crippen LogP contribution in [0.2, 0.25) is 0 Å². The molecule has 0 radical (unpaired) electrons. The number of rotatable bonds is 5. The number of ether oxygens (including phenoxy) is 1. The molecule has 0 saturated carbocycles. The van der Waals surface area contributed by atoms with Gasteiger partial charge in [-0.15, -0.1) is 11.6 Å². The monoisotopic (exact) mass is 231 g/mol. The molecule has 0 aromatic heterocycles.